The van der Waals surface area contributed by atoms with E-state index in [0.717, 1.165) is 80.5 Å². The van der Waals surface area contributed by atoms with Crippen LogP contribution in [0.1, 0.15) is 167 Å². The van der Waals surface area contributed by atoms with Gasteiger partial charge in [-0.1, -0.05) is 72.1 Å². The Labute approximate surface area is 339 Å². The number of ether oxygens (including phenoxy) is 4. The van der Waals surface area contributed by atoms with Gasteiger partial charge in [-0.15, -0.1) is 0 Å². The zero-order valence-corrected chi connectivity index (χ0v) is 35.8. The van der Waals surface area contributed by atoms with Gasteiger partial charge in [0, 0.05) is 18.4 Å². The lowest BCUT2D eigenvalue weighted by molar-refractivity contribution is -0.151. The van der Waals surface area contributed by atoms with Crippen LogP contribution in [0.5, 0.6) is 5.75 Å². The molecule has 56 heavy (non-hydrogen) atoms. The fourth-order valence-electron chi connectivity index (χ4n) is 11.3. The summed E-state index contributed by atoms with van der Waals surface area (Å²) in [6.07, 6.45) is 21.7. The Hall–Kier alpha value is -3.09. The molecule has 0 heterocycles. The summed E-state index contributed by atoms with van der Waals surface area (Å²) < 4.78 is 22.4. The Morgan fingerprint density at radius 3 is 2.25 bits per heavy atom. The van der Waals surface area contributed by atoms with E-state index in [1.54, 1.807) is 36.8 Å². The second-order valence-electron chi connectivity index (χ2n) is 18.9. The van der Waals surface area contributed by atoms with Crippen molar-refractivity contribution in [2.24, 2.45) is 46.3 Å². The molecule has 3 fully saturated rings. The number of carbonyl (C=O) groups excluding carboxylic acids is 3. The van der Waals surface area contributed by atoms with Gasteiger partial charge in [0.25, 0.3) is 0 Å². The third-order valence-corrected chi connectivity index (χ3v) is 14.5. The first kappa shape index (κ1) is 44.0. The van der Waals surface area contributed by atoms with Gasteiger partial charge >= 0.3 is 17.9 Å². The predicted octanol–water partition coefficient (Wildman–Crippen LogP) is 12.0. The molecular formula is C49H74O7. The minimum atomic E-state index is -0.373. The summed E-state index contributed by atoms with van der Waals surface area (Å²) in [5.41, 5.74) is 3.20. The number of hydrogen-bond donors (Lipinski definition) is 0. The third-order valence-electron chi connectivity index (χ3n) is 14.5. The molecule has 7 heteroatoms. The fraction of sp³-hybridized carbons (Fsp3) is 0.735. The van der Waals surface area contributed by atoms with Crippen LogP contribution in [0.3, 0.4) is 0 Å². The highest BCUT2D eigenvalue weighted by Crippen LogP contribution is 2.67. The van der Waals surface area contributed by atoms with Gasteiger partial charge in [0.2, 0.25) is 0 Å². The third kappa shape index (κ3) is 11.3. The predicted molar refractivity (Wildman–Crippen MR) is 223 cm³/mol. The van der Waals surface area contributed by atoms with Gasteiger partial charge in [0.1, 0.15) is 11.9 Å². The summed E-state index contributed by atoms with van der Waals surface area (Å²) >= 11 is 0. The zero-order chi connectivity index (χ0) is 40.3. The lowest BCUT2D eigenvalue weighted by Crippen LogP contribution is -2.51. The van der Waals surface area contributed by atoms with Crippen LogP contribution >= 0.6 is 0 Å². The van der Waals surface area contributed by atoms with Gasteiger partial charge in [-0.05, 0) is 161 Å². The number of unbranched alkanes of at least 4 members (excludes halogenated alkanes) is 4. The van der Waals surface area contributed by atoms with E-state index >= 15 is 0 Å². The van der Waals surface area contributed by atoms with Crippen LogP contribution in [0.4, 0.5) is 0 Å². The minimum absolute atomic E-state index is 0.0235. The zero-order valence-electron chi connectivity index (χ0n) is 35.8. The number of hydrogen-bond acceptors (Lipinski definition) is 7. The molecule has 0 amide bonds. The number of fused-ring (bicyclic) bond motifs is 5. The Morgan fingerprint density at radius 1 is 0.804 bits per heavy atom. The van der Waals surface area contributed by atoms with Gasteiger partial charge in [-0.2, -0.15) is 0 Å². The molecule has 0 saturated heterocycles. The van der Waals surface area contributed by atoms with Crippen molar-refractivity contribution < 1.29 is 33.3 Å². The van der Waals surface area contributed by atoms with Crippen molar-refractivity contribution in [2.75, 3.05) is 19.8 Å². The maximum atomic E-state index is 12.9. The monoisotopic (exact) mass is 775 g/mol. The molecule has 0 aliphatic heterocycles. The smallest absolute Gasteiger partial charge is 0.338 e. The molecule has 312 valence electrons. The first-order chi connectivity index (χ1) is 26.8. The minimum Gasteiger partial charge on any atom is -0.494 e. The molecule has 0 spiro atoms. The van der Waals surface area contributed by atoms with Crippen LogP contribution < -0.4 is 4.74 Å². The first-order valence-electron chi connectivity index (χ1n) is 22.4. The quantitative estimate of drug-likeness (QED) is 0.0404. The van der Waals surface area contributed by atoms with Gasteiger partial charge in [0.15, 0.2) is 0 Å². The molecule has 0 N–H and O–H groups in total. The van der Waals surface area contributed by atoms with E-state index in [-0.39, 0.29) is 36.0 Å². The largest absolute Gasteiger partial charge is 0.494 e. The van der Waals surface area contributed by atoms with Crippen molar-refractivity contribution in [1.29, 1.82) is 0 Å². The van der Waals surface area contributed by atoms with Crippen LogP contribution in [0.25, 0.3) is 0 Å². The molecular weight excluding hydrogens is 701 g/mol. The molecule has 0 radical (unpaired) electrons. The Kier molecular flexibility index (Phi) is 16.2. The first-order valence-corrected chi connectivity index (χ1v) is 22.4. The summed E-state index contributed by atoms with van der Waals surface area (Å²) in [7, 11) is 0. The van der Waals surface area contributed by atoms with Gasteiger partial charge < -0.3 is 18.9 Å². The van der Waals surface area contributed by atoms with Crippen molar-refractivity contribution in [3.63, 3.8) is 0 Å². The summed E-state index contributed by atoms with van der Waals surface area (Å²) in [4.78, 5) is 36.9. The highest BCUT2D eigenvalue weighted by atomic mass is 16.5. The van der Waals surface area contributed by atoms with Crippen molar-refractivity contribution in [3.8, 4) is 5.75 Å². The fourth-order valence-corrected chi connectivity index (χ4v) is 11.3. The number of esters is 3. The van der Waals surface area contributed by atoms with E-state index in [1.165, 1.54) is 51.4 Å². The second-order valence-corrected chi connectivity index (χ2v) is 18.9. The number of benzene rings is 1. The Balaban J connectivity index is 0.954. The van der Waals surface area contributed by atoms with E-state index in [0.29, 0.717) is 54.8 Å². The van der Waals surface area contributed by atoms with Gasteiger partial charge in [-0.25, -0.2) is 9.59 Å². The van der Waals surface area contributed by atoms with Crippen LogP contribution in [-0.2, 0) is 23.8 Å². The van der Waals surface area contributed by atoms with E-state index in [4.69, 9.17) is 18.9 Å². The Morgan fingerprint density at radius 2 is 1.52 bits per heavy atom. The molecule has 4 aliphatic rings. The highest BCUT2D eigenvalue weighted by molar-refractivity contribution is 5.89. The van der Waals surface area contributed by atoms with Crippen LogP contribution in [-0.4, -0.2) is 43.8 Å². The Bertz CT molecular complexity index is 1490. The van der Waals surface area contributed by atoms with E-state index in [2.05, 4.69) is 47.3 Å². The molecule has 0 bridgehead atoms. The van der Waals surface area contributed by atoms with Crippen molar-refractivity contribution in [1.82, 2.24) is 0 Å². The topological polar surface area (TPSA) is 88.1 Å². The van der Waals surface area contributed by atoms with Crippen LogP contribution in [0, 0.1) is 46.3 Å². The van der Waals surface area contributed by atoms with Crippen LogP contribution in [0.15, 0.2) is 48.1 Å². The molecule has 0 aromatic heterocycles. The second kappa shape index (κ2) is 20.6. The normalized spacial score (nSPS) is 28.6. The summed E-state index contributed by atoms with van der Waals surface area (Å²) in [5.74, 6) is 4.82. The van der Waals surface area contributed by atoms with E-state index in [9.17, 15) is 14.4 Å². The number of carbonyl (C=O) groups is 3. The van der Waals surface area contributed by atoms with Gasteiger partial charge in [0.05, 0.1) is 25.4 Å². The van der Waals surface area contributed by atoms with Crippen molar-refractivity contribution in [3.05, 3.63) is 53.6 Å². The molecule has 3 saturated carbocycles. The van der Waals surface area contributed by atoms with Crippen molar-refractivity contribution in [2.45, 2.75) is 163 Å². The highest BCUT2D eigenvalue weighted by Gasteiger charge is 2.59. The summed E-state index contributed by atoms with van der Waals surface area (Å²) in [5, 5.41) is 0. The maximum Gasteiger partial charge on any atom is 0.338 e. The SMILES string of the molecule is C=C(C)C(=O)OCCCCCCOc1ccc(C(=O)OCCCCC(=O)O[C@H]2CC[C@@]3(C)C(=CC[C@H]4[C@@H]5CC[C@H]([C@H](C)CCCC(C)C)[C@@]5(C)CC[C@@H]43)C2)cc1. The standard InChI is InChI=1S/C49H74O7/c1-34(2)15-14-16-36(5)42-24-25-43-41-23-20-38-33-40(26-28-48(38,6)44(41)27-29-49(42,43)7)56-45(50)17-10-13-32-55-47(52)37-18-21-39(22-19-37)53-30-11-8-9-12-31-54-46(51)35(3)4/h18-22,34,36,40-44H,3,8-17,23-33H2,1-2,4-7H3/t36-,40+,41+,42-,43+,44+,48+,49-/m1/s1. The van der Waals surface area contributed by atoms with Crippen molar-refractivity contribution >= 4 is 17.9 Å². The lowest BCUT2D eigenvalue weighted by atomic mass is 9.47. The summed E-state index contributed by atoms with van der Waals surface area (Å²) in [6, 6.07) is 7.00. The molecule has 8 atom stereocenters. The molecule has 1 aromatic carbocycles. The lowest BCUT2D eigenvalue weighted by Gasteiger charge is -2.58. The average molecular weight is 775 g/mol. The number of allylic oxidation sites excluding steroid dienone is 1. The summed E-state index contributed by atoms with van der Waals surface area (Å²) in [6.45, 7) is 19.0. The van der Waals surface area contributed by atoms with E-state index in [1.807, 2.05) is 0 Å². The molecule has 4 aliphatic carbocycles. The average Bonchev–Trinajstić information content (AvgIpc) is 3.53. The van der Waals surface area contributed by atoms with Gasteiger partial charge in [-0.3, -0.25) is 4.79 Å². The van der Waals surface area contributed by atoms with E-state index < -0.39 is 0 Å². The molecule has 7 nitrogen and oxygen atoms in total. The molecule has 0 unspecified atom stereocenters. The molecule has 1 aromatic rings. The molecule has 5 rings (SSSR count). The number of rotatable bonds is 21. The maximum absolute atomic E-state index is 12.9. The van der Waals surface area contributed by atoms with Crippen LogP contribution in [0.2, 0.25) is 0 Å².